The second kappa shape index (κ2) is 6.92. The summed E-state index contributed by atoms with van der Waals surface area (Å²) < 4.78 is 5.45. The van der Waals surface area contributed by atoms with E-state index in [9.17, 15) is 4.79 Å². The Hall–Kier alpha value is -1.06. The number of Topliss-reactive ketones (excluding diaryl/α,β-unsaturated/α-hetero) is 1. The summed E-state index contributed by atoms with van der Waals surface area (Å²) >= 11 is 5.78. The molecule has 0 heterocycles. The van der Waals surface area contributed by atoms with Crippen LogP contribution in [0.1, 0.15) is 32.1 Å². The fourth-order valence-electron chi connectivity index (χ4n) is 2.47. The number of nitrogens with two attached hydrogens (primary N) is 1. The largest absolute Gasteiger partial charge is 0.486 e. The van der Waals surface area contributed by atoms with E-state index >= 15 is 0 Å². The van der Waals surface area contributed by atoms with Crippen LogP contribution < -0.4 is 10.5 Å². The number of ketones is 1. The van der Waals surface area contributed by atoms with Gasteiger partial charge < -0.3 is 10.5 Å². The second-order valence-electron chi connectivity index (χ2n) is 5.27. The van der Waals surface area contributed by atoms with Gasteiger partial charge in [0.15, 0.2) is 5.78 Å². The molecule has 3 nitrogen and oxygen atoms in total. The molecule has 4 heteroatoms. The Morgan fingerprint density at radius 3 is 2.47 bits per heavy atom. The molecule has 19 heavy (non-hydrogen) atoms. The first-order chi connectivity index (χ1) is 9.13. The van der Waals surface area contributed by atoms with Crippen LogP contribution in [0.15, 0.2) is 24.3 Å². The molecule has 1 aliphatic carbocycles. The van der Waals surface area contributed by atoms with Crippen molar-refractivity contribution in [3.8, 4) is 5.75 Å². The summed E-state index contributed by atoms with van der Waals surface area (Å²) in [6.07, 6.45) is 4.81. The average molecular weight is 282 g/mol. The lowest BCUT2D eigenvalue weighted by Gasteiger charge is -2.25. The fourth-order valence-corrected chi connectivity index (χ4v) is 2.59. The van der Waals surface area contributed by atoms with Crippen LogP contribution in [-0.4, -0.2) is 18.4 Å². The van der Waals surface area contributed by atoms with Crippen LogP contribution in [-0.2, 0) is 4.79 Å². The van der Waals surface area contributed by atoms with E-state index in [0.29, 0.717) is 29.2 Å². The first-order valence-corrected chi connectivity index (χ1v) is 7.17. The van der Waals surface area contributed by atoms with Crippen molar-refractivity contribution in [2.45, 2.75) is 38.1 Å². The Kier molecular flexibility index (Phi) is 5.23. The van der Waals surface area contributed by atoms with Crippen LogP contribution in [0.5, 0.6) is 5.75 Å². The van der Waals surface area contributed by atoms with Crippen LogP contribution in [0.25, 0.3) is 0 Å². The van der Waals surface area contributed by atoms with E-state index in [2.05, 4.69) is 0 Å². The maximum absolute atomic E-state index is 11.9. The van der Waals surface area contributed by atoms with Crippen LogP contribution in [0.2, 0.25) is 5.02 Å². The predicted octanol–water partition coefficient (Wildman–Crippen LogP) is 3.20. The Morgan fingerprint density at radius 1 is 1.21 bits per heavy atom. The Morgan fingerprint density at radius 2 is 1.84 bits per heavy atom. The molecule has 0 saturated heterocycles. The zero-order chi connectivity index (χ0) is 13.7. The number of rotatable bonds is 5. The Labute approximate surface area is 119 Å². The van der Waals surface area contributed by atoms with Crippen molar-refractivity contribution in [2.75, 3.05) is 6.61 Å². The number of carbonyl (C=O) groups excluding carboxylic acids is 1. The SMILES string of the molecule is NC1CCC(CC(=O)COc2ccc(Cl)cc2)CC1. The predicted molar refractivity (Wildman–Crippen MR) is 76.5 cm³/mol. The minimum Gasteiger partial charge on any atom is -0.486 e. The number of hydrogen-bond acceptors (Lipinski definition) is 3. The van der Waals surface area contributed by atoms with Crippen molar-refractivity contribution in [3.05, 3.63) is 29.3 Å². The standard InChI is InChI=1S/C15H20ClNO2/c16-12-3-7-15(8-4-12)19-10-14(18)9-11-1-5-13(17)6-2-11/h3-4,7-8,11,13H,1-2,5-6,9-10,17H2. The third-order valence-electron chi connectivity index (χ3n) is 3.62. The molecular weight excluding hydrogens is 262 g/mol. The summed E-state index contributed by atoms with van der Waals surface area (Å²) in [5, 5.41) is 0.664. The molecule has 0 radical (unpaired) electrons. The van der Waals surface area contributed by atoms with Gasteiger partial charge in [-0.25, -0.2) is 0 Å². The molecule has 0 unspecified atom stereocenters. The van der Waals surface area contributed by atoms with E-state index in [-0.39, 0.29) is 12.4 Å². The monoisotopic (exact) mass is 281 g/mol. The van der Waals surface area contributed by atoms with Crippen LogP contribution >= 0.6 is 11.6 Å². The maximum Gasteiger partial charge on any atom is 0.170 e. The summed E-state index contributed by atoms with van der Waals surface area (Å²) in [4.78, 5) is 11.9. The zero-order valence-corrected chi connectivity index (χ0v) is 11.7. The molecule has 1 fully saturated rings. The van der Waals surface area contributed by atoms with Gasteiger partial charge >= 0.3 is 0 Å². The fraction of sp³-hybridized carbons (Fsp3) is 0.533. The molecule has 0 atom stereocenters. The van der Waals surface area contributed by atoms with Gasteiger partial charge in [0.2, 0.25) is 0 Å². The highest BCUT2D eigenvalue weighted by Crippen LogP contribution is 2.26. The number of ether oxygens (including phenoxy) is 1. The van der Waals surface area contributed by atoms with E-state index in [1.807, 2.05) is 0 Å². The highest BCUT2D eigenvalue weighted by Gasteiger charge is 2.20. The lowest BCUT2D eigenvalue weighted by molar-refractivity contribution is -0.122. The van der Waals surface area contributed by atoms with Gasteiger partial charge in [0, 0.05) is 17.5 Å². The summed E-state index contributed by atoms with van der Waals surface area (Å²) in [5.41, 5.74) is 5.85. The van der Waals surface area contributed by atoms with Crippen LogP contribution in [0.4, 0.5) is 0 Å². The highest BCUT2D eigenvalue weighted by atomic mass is 35.5. The van der Waals surface area contributed by atoms with Gasteiger partial charge in [-0.15, -0.1) is 0 Å². The van der Waals surface area contributed by atoms with E-state index in [4.69, 9.17) is 22.1 Å². The average Bonchev–Trinajstić information content (AvgIpc) is 2.41. The molecule has 0 bridgehead atoms. The molecule has 0 amide bonds. The van der Waals surface area contributed by atoms with Gasteiger partial charge in [-0.1, -0.05) is 11.6 Å². The number of hydrogen-bond donors (Lipinski definition) is 1. The minimum absolute atomic E-state index is 0.143. The number of benzene rings is 1. The maximum atomic E-state index is 11.9. The third kappa shape index (κ3) is 4.84. The molecule has 1 aromatic rings. The van der Waals surface area contributed by atoms with Gasteiger partial charge in [-0.05, 0) is 55.9 Å². The van der Waals surface area contributed by atoms with Crippen molar-refractivity contribution in [3.63, 3.8) is 0 Å². The lowest BCUT2D eigenvalue weighted by atomic mass is 9.83. The molecule has 0 aromatic heterocycles. The quantitative estimate of drug-likeness (QED) is 0.902. The topological polar surface area (TPSA) is 52.3 Å². The molecule has 0 spiro atoms. The summed E-state index contributed by atoms with van der Waals surface area (Å²) in [6, 6.07) is 7.38. The molecule has 2 N–H and O–H groups in total. The van der Waals surface area contributed by atoms with Crippen molar-refractivity contribution in [1.82, 2.24) is 0 Å². The normalized spacial score (nSPS) is 23.1. The van der Waals surface area contributed by atoms with E-state index in [0.717, 1.165) is 25.7 Å². The van der Waals surface area contributed by atoms with Crippen LogP contribution in [0, 0.1) is 5.92 Å². The third-order valence-corrected chi connectivity index (χ3v) is 3.87. The number of halogens is 1. The zero-order valence-electron chi connectivity index (χ0n) is 11.0. The first-order valence-electron chi connectivity index (χ1n) is 6.79. The molecule has 0 aliphatic heterocycles. The number of carbonyl (C=O) groups is 1. The van der Waals surface area contributed by atoms with Crippen molar-refractivity contribution >= 4 is 17.4 Å². The highest BCUT2D eigenvalue weighted by molar-refractivity contribution is 6.30. The Bertz CT molecular complexity index is 411. The van der Waals surface area contributed by atoms with Gasteiger partial charge in [-0.2, -0.15) is 0 Å². The van der Waals surface area contributed by atoms with Gasteiger partial charge in [0.25, 0.3) is 0 Å². The van der Waals surface area contributed by atoms with Gasteiger partial charge in [0.05, 0.1) is 0 Å². The van der Waals surface area contributed by atoms with E-state index in [1.54, 1.807) is 24.3 Å². The van der Waals surface area contributed by atoms with Crippen molar-refractivity contribution < 1.29 is 9.53 Å². The molecule has 104 valence electrons. The first kappa shape index (κ1) is 14.4. The summed E-state index contributed by atoms with van der Waals surface area (Å²) in [6.45, 7) is 0.143. The lowest BCUT2D eigenvalue weighted by Crippen LogP contribution is -2.28. The molecule has 1 aliphatic rings. The second-order valence-corrected chi connectivity index (χ2v) is 5.70. The smallest absolute Gasteiger partial charge is 0.170 e. The van der Waals surface area contributed by atoms with Gasteiger partial charge in [0.1, 0.15) is 12.4 Å². The molecule has 2 rings (SSSR count). The molecular formula is C15H20ClNO2. The molecule has 1 saturated carbocycles. The summed E-state index contributed by atoms with van der Waals surface area (Å²) in [7, 11) is 0. The van der Waals surface area contributed by atoms with E-state index in [1.165, 1.54) is 0 Å². The minimum atomic E-state index is 0.143. The van der Waals surface area contributed by atoms with Crippen molar-refractivity contribution in [2.24, 2.45) is 11.7 Å². The summed E-state index contributed by atoms with van der Waals surface area (Å²) in [5.74, 6) is 1.33. The molecule has 1 aromatic carbocycles. The Balaban J connectivity index is 1.71. The van der Waals surface area contributed by atoms with E-state index < -0.39 is 0 Å². The van der Waals surface area contributed by atoms with Crippen LogP contribution in [0.3, 0.4) is 0 Å². The van der Waals surface area contributed by atoms with Gasteiger partial charge in [-0.3, -0.25) is 4.79 Å². The van der Waals surface area contributed by atoms with Crippen molar-refractivity contribution in [1.29, 1.82) is 0 Å².